The van der Waals surface area contributed by atoms with Crippen LogP contribution < -0.4 is 5.32 Å². The lowest BCUT2D eigenvalue weighted by molar-refractivity contribution is -0.113. The van der Waals surface area contributed by atoms with E-state index >= 15 is 0 Å². The van der Waals surface area contributed by atoms with Gasteiger partial charge in [-0.05, 0) is 44.6 Å². The summed E-state index contributed by atoms with van der Waals surface area (Å²) in [7, 11) is 1.38. The van der Waals surface area contributed by atoms with E-state index in [-0.39, 0.29) is 17.6 Å². The van der Waals surface area contributed by atoms with Crippen molar-refractivity contribution in [3.8, 4) is 0 Å². The van der Waals surface area contributed by atoms with Crippen LogP contribution in [-0.4, -0.2) is 39.5 Å². The molecule has 29 heavy (non-hydrogen) atoms. The smallest absolute Gasteiger partial charge is 0.341 e. The predicted molar refractivity (Wildman–Crippen MR) is 114 cm³/mol. The van der Waals surface area contributed by atoms with E-state index in [1.165, 1.54) is 54.3 Å². The number of aryl methyl sites for hydroxylation is 2. The van der Waals surface area contributed by atoms with Crippen LogP contribution in [0.2, 0.25) is 0 Å². The summed E-state index contributed by atoms with van der Waals surface area (Å²) < 4.78 is 7.14. The number of nitrogens with zero attached hydrogens (tertiary/aromatic N) is 3. The lowest BCUT2D eigenvalue weighted by Gasteiger charge is -2.24. The van der Waals surface area contributed by atoms with Gasteiger partial charge in [0.05, 0.1) is 18.4 Å². The van der Waals surface area contributed by atoms with Gasteiger partial charge < -0.3 is 14.6 Å². The molecule has 0 radical (unpaired) electrons. The zero-order valence-electron chi connectivity index (χ0n) is 16.8. The van der Waals surface area contributed by atoms with Gasteiger partial charge >= 0.3 is 5.97 Å². The number of aromatic nitrogens is 3. The van der Waals surface area contributed by atoms with Crippen LogP contribution in [0.15, 0.2) is 5.16 Å². The van der Waals surface area contributed by atoms with Gasteiger partial charge in [-0.1, -0.05) is 31.0 Å². The summed E-state index contributed by atoms with van der Waals surface area (Å²) in [6, 6.07) is 0.426. The van der Waals surface area contributed by atoms with E-state index in [4.69, 9.17) is 4.74 Å². The minimum Gasteiger partial charge on any atom is -0.465 e. The Morgan fingerprint density at radius 2 is 2.00 bits per heavy atom. The molecule has 0 saturated heterocycles. The summed E-state index contributed by atoms with van der Waals surface area (Å²) in [5.74, 6) is 0.618. The summed E-state index contributed by atoms with van der Waals surface area (Å²) in [4.78, 5) is 26.1. The highest BCUT2D eigenvalue weighted by molar-refractivity contribution is 7.99. The van der Waals surface area contributed by atoms with Crippen LogP contribution in [0.25, 0.3) is 0 Å². The summed E-state index contributed by atoms with van der Waals surface area (Å²) in [5, 5.41) is 12.9. The molecule has 2 aliphatic carbocycles. The van der Waals surface area contributed by atoms with Crippen molar-refractivity contribution in [2.45, 2.75) is 69.5 Å². The van der Waals surface area contributed by atoms with E-state index < -0.39 is 0 Å². The predicted octanol–water partition coefficient (Wildman–Crippen LogP) is 4.16. The van der Waals surface area contributed by atoms with Crippen molar-refractivity contribution in [1.29, 1.82) is 0 Å². The summed E-state index contributed by atoms with van der Waals surface area (Å²) >= 11 is 2.90. The molecular formula is C20H26N4O3S2. The van der Waals surface area contributed by atoms with E-state index in [9.17, 15) is 9.59 Å². The van der Waals surface area contributed by atoms with Gasteiger partial charge in [0.25, 0.3) is 0 Å². The first-order valence-corrected chi connectivity index (χ1v) is 12.0. The fourth-order valence-electron chi connectivity index (χ4n) is 4.31. The molecule has 0 bridgehead atoms. The topological polar surface area (TPSA) is 86.1 Å². The van der Waals surface area contributed by atoms with Crippen LogP contribution in [0, 0.1) is 6.92 Å². The Labute approximate surface area is 178 Å². The molecule has 1 fully saturated rings. The Hall–Kier alpha value is -1.87. The first kappa shape index (κ1) is 20.4. The highest BCUT2D eigenvalue weighted by Gasteiger charge is 2.28. The van der Waals surface area contributed by atoms with E-state index in [0.29, 0.717) is 16.6 Å². The third-order valence-corrected chi connectivity index (χ3v) is 7.82. The normalized spacial score (nSPS) is 16.6. The van der Waals surface area contributed by atoms with Crippen molar-refractivity contribution >= 4 is 40.0 Å². The van der Waals surface area contributed by atoms with E-state index in [0.717, 1.165) is 48.6 Å². The number of nitrogens with one attached hydrogen (secondary N) is 1. The molecule has 0 unspecified atom stereocenters. The number of thiophene rings is 1. The first-order valence-electron chi connectivity index (χ1n) is 10.2. The molecule has 0 aromatic carbocycles. The minimum atomic E-state index is -0.375. The molecule has 2 aromatic heterocycles. The van der Waals surface area contributed by atoms with Crippen LogP contribution in [0.5, 0.6) is 0 Å². The molecule has 7 nitrogen and oxygen atoms in total. The average Bonchev–Trinajstić information content (AvgIpc) is 3.41. The van der Waals surface area contributed by atoms with E-state index in [1.54, 1.807) is 0 Å². The van der Waals surface area contributed by atoms with Crippen LogP contribution >= 0.6 is 23.1 Å². The Bertz CT molecular complexity index is 915. The van der Waals surface area contributed by atoms with Crippen LogP contribution in [0.1, 0.15) is 71.2 Å². The number of amides is 1. The van der Waals surface area contributed by atoms with Gasteiger partial charge in [0.15, 0.2) is 5.16 Å². The van der Waals surface area contributed by atoms with Crippen LogP contribution in [-0.2, 0) is 22.4 Å². The SMILES string of the molecule is COC(=O)c1c(NC(=O)CSc2nnc(C)n2C2CCCCC2)sc2c1CCC2. The molecule has 0 aliphatic heterocycles. The number of esters is 1. The highest BCUT2D eigenvalue weighted by atomic mass is 32.2. The zero-order chi connectivity index (χ0) is 20.4. The molecule has 4 rings (SSSR count). The molecule has 1 saturated carbocycles. The number of thioether (sulfide) groups is 1. The molecule has 2 aliphatic rings. The van der Waals surface area contributed by atoms with Gasteiger partial charge in [-0.15, -0.1) is 21.5 Å². The van der Waals surface area contributed by atoms with Crippen molar-refractivity contribution in [1.82, 2.24) is 14.8 Å². The minimum absolute atomic E-state index is 0.143. The lowest BCUT2D eigenvalue weighted by Crippen LogP contribution is -2.18. The van der Waals surface area contributed by atoms with Crippen molar-refractivity contribution in [2.24, 2.45) is 0 Å². The van der Waals surface area contributed by atoms with Gasteiger partial charge in [0, 0.05) is 10.9 Å². The average molecular weight is 435 g/mol. The maximum absolute atomic E-state index is 12.6. The van der Waals surface area contributed by atoms with Gasteiger partial charge in [-0.2, -0.15) is 0 Å². The van der Waals surface area contributed by atoms with Gasteiger partial charge in [-0.25, -0.2) is 4.79 Å². The fourth-order valence-corrected chi connectivity index (χ4v) is 6.46. The summed E-state index contributed by atoms with van der Waals surface area (Å²) in [5.41, 5.74) is 1.57. The Morgan fingerprint density at radius 3 is 2.76 bits per heavy atom. The number of hydrogen-bond donors (Lipinski definition) is 1. The Kier molecular flexibility index (Phi) is 6.24. The number of hydrogen-bond acceptors (Lipinski definition) is 7. The molecule has 1 N–H and O–H groups in total. The number of carbonyl (C=O) groups is 2. The zero-order valence-corrected chi connectivity index (χ0v) is 18.5. The fraction of sp³-hybridized carbons (Fsp3) is 0.600. The third kappa shape index (κ3) is 4.21. The summed E-state index contributed by atoms with van der Waals surface area (Å²) in [6.45, 7) is 1.97. The second-order valence-electron chi connectivity index (χ2n) is 7.58. The number of anilines is 1. The second-order valence-corrected chi connectivity index (χ2v) is 9.63. The molecule has 2 heterocycles. The van der Waals surface area contributed by atoms with Crippen molar-refractivity contribution < 1.29 is 14.3 Å². The number of fused-ring (bicyclic) bond motifs is 1. The number of rotatable bonds is 6. The van der Waals surface area contributed by atoms with E-state index in [1.807, 2.05) is 6.92 Å². The van der Waals surface area contributed by atoms with Gasteiger partial charge in [0.2, 0.25) is 5.91 Å². The largest absolute Gasteiger partial charge is 0.465 e. The summed E-state index contributed by atoms with van der Waals surface area (Å²) in [6.07, 6.45) is 8.90. The third-order valence-electron chi connectivity index (χ3n) is 5.67. The molecule has 0 atom stereocenters. The second kappa shape index (κ2) is 8.87. The molecular weight excluding hydrogens is 408 g/mol. The monoisotopic (exact) mass is 434 g/mol. The Morgan fingerprint density at radius 1 is 1.21 bits per heavy atom. The first-order chi connectivity index (χ1) is 14.1. The number of methoxy groups -OCH3 is 1. The van der Waals surface area contributed by atoms with Crippen LogP contribution in [0.4, 0.5) is 5.00 Å². The maximum Gasteiger partial charge on any atom is 0.341 e. The quantitative estimate of drug-likeness (QED) is 0.543. The van der Waals surface area contributed by atoms with Crippen LogP contribution in [0.3, 0.4) is 0 Å². The van der Waals surface area contributed by atoms with Gasteiger partial charge in [0.1, 0.15) is 10.8 Å². The van der Waals surface area contributed by atoms with E-state index in [2.05, 4.69) is 20.1 Å². The molecule has 156 valence electrons. The van der Waals surface area contributed by atoms with Crippen molar-refractivity contribution in [3.63, 3.8) is 0 Å². The molecule has 0 spiro atoms. The molecule has 1 amide bonds. The Balaban J connectivity index is 1.44. The van der Waals surface area contributed by atoms with Crippen molar-refractivity contribution in [3.05, 3.63) is 21.8 Å². The highest BCUT2D eigenvalue weighted by Crippen LogP contribution is 2.39. The van der Waals surface area contributed by atoms with Crippen molar-refractivity contribution in [2.75, 3.05) is 18.2 Å². The molecule has 2 aromatic rings. The number of ether oxygens (including phenoxy) is 1. The maximum atomic E-state index is 12.6. The standard InChI is InChI=1S/C20H26N4O3S2/c1-12-22-23-20(24(12)13-7-4-3-5-8-13)28-11-16(25)21-18-17(19(26)27-2)14-9-6-10-15(14)29-18/h13H,3-11H2,1-2H3,(H,21,25). The number of carbonyl (C=O) groups excluding carboxylic acids is 2. The van der Waals surface area contributed by atoms with Gasteiger partial charge in [-0.3, -0.25) is 4.79 Å². The lowest BCUT2D eigenvalue weighted by atomic mass is 9.95. The molecule has 9 heteroatoms.